The van der Waals surface area contributed by atoms with Gasteiger partial charge < -0.3 is 15.8 Å². The van der Waals surface area contributed by atoms with E-state index in [9.17, 15) is 4.79 Å². The molecule has 2 aromatic heterocycles. The molecule has 186 valence electrons. The Morgan fingerprint density at radius 2 is 1.83 bits per heavy atom. The van der Waals surface area contributed by atoms with E-state index in [2.05, 4.69) is 33.4 Å². The molecule has 1 amide bonds. The van der Waals surface area contributed by atoms with Gasteiger partial charge >= 0.3 is 0 Å². The molecular weight excluding hydrogens is 452 g/mol. The summed E-state index contributed by atoms with van der Waals surface area (Å²) in [4.78, 5) is 18.1. The number of amides is 1. The van der Waals surface area contributed by atoms with E-state index in [1.807, 2.05) is 53.0 Å². The number of anilines is 2. The predicted molar refractivity (Wildman–Crippen MR) is 141 cm³/mol. The summed E-state index contributed by atoms with van der Waals surface area (Å²) in [6.45, 7) is 4.05. The van der Waals surface area contributed by atoms with Crippen molar-refractivity contribution in [1.82, 2.24) is 19.5 Å². The third kappa shape index (κ3) is 6.01. The number of aryl methyl sites for hydroxylation is 1. The summed E-state index contributed by atoms with van der Waals surface area (Å²) in [6, 6.07) is 22.1. The number of nitrogens with two attached hydrogens (primary N) is 1. The van der Waals surface area contributed by atoms with Crippen molar-refractivity contribution in [1.29, 1.82) is 0 Å². The van der Waals surface area contributed by atoms with Crippen molar-refractivity contribution >= 4 is 23.2 Å². The Morgan fingerprint density at radius 1 is 1.03 bits per heavy atom. The summed E-state index contributed by atoms with van der Waals surface area (Å²) in [5.74, 6) is 1.13. The summed E-state index contributed by atoms with van der Waals surface area (Å²) in [5, 5.41) is 8.01. The van der Waals surface area contributed by atoms with Crippen LogP contribution >= 0.6 is 0 Å². The first-order chi connectivity index (χ1) is 17.6. The van der Waals surface area contributed by atoms with Crippen LogP contribution in [0.3, 0.4) is 0 Å². The minimum atomic E-state index is -0.266. The number of rotatable bonds is 11. The molecule has 0 spiro atoms. The maximum Gasteiger partial charge on any atom is 0.247 e. The van der Waals surface area contributed by atoms with Gasteiger partial charge in [0.2, 0.25) is 11.9 Å². The van der Waals surface area contributed by atoms with Gasteiger partial charge in [-0.15, -0.1) is 5.10 Å². The first kappa shape index (κ1) is 23.8. The SMILES string of the molecule is NC(=O)CCCc1cccc(-c2cccc3nc(Nc4ccc(OCCN5CCCC5)cc4)nn23)c1. The largest absolute Gasteiger partial charge is 0.492 e. The van der Waals surface area contributed by atoms with E-state index in [1.165, 1.54) is 25.9 Å². The third-order valence-electron chi connectivity index (χ3n) is 6.46. The van der Waals surface area contributed by atoms with Crippen LogP contribution in [-0.2, 0) is 11.2 Å². The monoisotopic (exact) mass is 484 g/mol. The lowest BCUT2D eigenvalue weighted by Gasteiger charge is -2.15. The minimum absolute atomic E-state index is 0.266. The van der Waals surface area contributed by atoms with E-state index in [-0.39, 0.29) is 5.91 Å². The molecule has 8 heteroatoms. The zero-order valence-electron chi connectivity index (χ0n) is 20.4. The molecule has 0 radical (unpaired) electrons. The van der Waals surface area contributed by atoms with Gasteiger partial charge in [-0.05, 0) is 86.8 Å². The fraction of sp³-hybridized carbons (Fsp3) is 0.321. The van der Waals surface area contributed by atoms with E-state index in [0.717, 1.165) is 53.3 Å². The zero-order chi connectivity index (χ0) is 24.7. The van der Waals surface area contributed by atoms with Crippen LogP contribution in [0.15, 0.2) is 66.7 Å². The highest BCUT2D eigenvalue weighted by Crippen LogP contribution is 2.24. The van der Waals surface area contributed by atoms with Crippen LogP contribution in [0.5, 0.6) is 5.75 Å². The number of nitrogens with one attached hydrogen (secondary N) is 1. The number of likely N-dealkylation sites (tertiary alicyclic amines) is 1. The Hall–Kier alpha value is -3.91. The molecule has 0 bridgehead atoms. The average Bonchev–Trinajstić information content (AvgIpc) is 3.54. The van der Waals surface area contributed by atoms with E-state index in [1.54, 1.807) is 0 Å². The van der Waals surface area contributed by atoms with Crippen molar-refractivity contribution in [3.05, 3.63) is 72.3 Å². The van der Waals surface area contributed by atoms with Gasteiger partial charge in [0.15, 0.2) is 5.65 Å². The molecule has 2 aromatic carbocycles. The van der Waals surface area contributed by atoms with Crippen LogP contribution in [-0.4, -0.2) is 51.6 Å². The van der Waals surface area contributed by atoms with E-state index >= 15 is 0 Å². The molecule has 1 fully saturated rings. The lowest BCUT2D eigenvalue weighted by molar-refractivity contribution is -0.118. The highest BCUT2D eigenvalue weighted by Gasteiger charge is 2.12. The highest BCUT2D eigenvalue weighted by molar-refractivity contribution is 5.73. The van der Waals surface area contributed by atoms with Crippen LogP contribution in [0.2, 0.25) is 0 Å². The van der Waals surface area contributed by atoms with E-state index in [4.69, 9.17) is 15.6 Å². The molecule has 1 aliphatic rings. The number of nitrogens with zero attached hydrogens (tertiary/aromatic N) is 4. The number of hydrogen-bond acceptors (Lipinski definition) is 6. The van der Waals surface area contributed by atoms with Gasteiger partial charge in [-0.2, -0.15) is 4.98 Å². The Bertz CT molecular complexity index is 1310. The van der Waals surface area contributed by atoms with Crippen molar-refractivity contribution in [2.24, 2.45) is 5.73 Å². The number of carbonyl (C=O) groups is 1. The van der Waals surface area contributed by atoms with Crippen LogP contribution in [0, 0.1) is 0 Å². The van der Waals surface area contributed by atoms with Crippen molar-refractivity contribution in [3.8, 4) is 17.0 Å². The molecule has 0 saturated carbocycles. The number of aromatic nitrogens is 3. The molecule has 8 nitrogen and oxygen atoms in total. The second-order valence-electron chi connectivity index (χ2n) is 9.18. The van der Waals surface area contributed by atoms with Gasteiger partial charge in [-0.3, -0.25) is 9.69 Å². The van der Waals surface area contributed by atoms with Crippen LogP contribution < -0.4 is 15.8 Å². The molecule has 1 saturated heterocycles. The molecule has 0 aliphatic carbocycles. The molecule has 0 unspecified atom stereocenters. The number of primary amides is 1. The molecule has 1 aliphatic heterocycles. The van der Waals surface area contributed by atoms with Crippen LogP contribution in [0.4, 0.5) is 11.6 Å². The van der Waals surface area contributed by atoms with E-state index in [0.29, 0.717) is 19.0 Å². The zero-order valence-corrected chi connectivity index (χ0v) is 20.4. The predicted octanol–water partition coefficient (Wildman–Crippen LogP) is 4.42. The van der Waals surface area contributed by atoms with Crippen molar-refractivity contribution in [3.63, 3.8) is 0 Å². The van der Waals surface area contributed by atoms with Crippen molar-refractivity contribution in [2.45, 2.75) is 32.1 Å². The number of fused-ring (bicyclic) bond motifs is 1. The first-order valence-electron chi connectivity index (χ1n) is 12.6. The first-order valence-corrected chi connectivity index (χ1v) is 12.6. The van der Waals surface area contributed by atoms with Gasteiger partial charge in [0.1, 0.15) is 12.4 Å². The smallest absolute Gasteiger partial charge is 0.247 e. The Kier molecular flexibility index (Phi) is 7.42. The van der Waals surface area contributed by atoms with E-state index < -0.39 is 0 Å². The number of pyridine rings is 1. The number of benzene rings is 2. The number of hydrogen-bond donors (Lipinski definition) is 2. The summed E-state index contributed by atoms with van der Waals surface area (Å²) in [6.07, 6.45) is 4.52. The molecule has 5 rings (SSSR count). The standard InChI is InChI=1S/C28H32N6O2/c29-26(35)10-4-7-21-6-3-8-22(20-21)25-9-5-11-27-31-28(32-34(25)27)30-23-12-14-24(15-13-23)36-19-18-33-16-1-2-17-33/h3,5-6,8-9,11-15,20H,1-2,4,7,10,16-19H2,(H2,29,35)(H,30,32). The highest BCUT2D eigenvalue weighted by atomic mass is 16.5. The minimum Gasteiger partial charge on any atom is -0.492 e. The number of ether oxygens (including phenoxy) is 1. The quantitative estimate of drug-likeness (QED) is 0.327. The fourth-order valence-electron chi connectivity index (χ4n) is 4.59. The van der Waals surface area contributed by atoms with Gasteiger partial charge in [-0.1, -0.05) is 24.3 Å². The molecular formula is C28H32N6O2. The summed E-state index contributed by atoms with van der Waals surface area (Å²) in [7, 11) is 0. The third-order valence-corrected chi connectivity index (χ3v) is 6.46. The van der Waals surface area contributed by atoms with Crippen molar-refractivity contribution in [2.75, 3.05) is 31.6 Å². The Balaban J connectivity index is 1.25. The van der Waals surface area contributed by atoms with Gasteiger partial charge in [0.05, 0.1) is 5.69 Å². The van der Waals surface area contributed by atoms with Crippen LogP contribution in [0.25, 0.3) is 16.9 Å². The Morgan fingerprint density at radius 3 is 2.64 bits per heavy atom. The summed E-state index contributed by atoms with van der Waals surface area (Å²) < 4.78 is 7.75. The van der Waals surface area contributed by atoms with Gasteiger partial charge in [0.25, 0.3) is 0 Å². The normalized spacial score (nSPS) is 13.8. The molecule has 3 heterocycles. The second-order valence-corrected chi connectivity index (χ2v) is 9.18. The summed E-state index contributed by atoms with van der Waals surface area (Å²) >= 11 is 0. The Labute approximate surface area is 211 Å². The second kappa shape index (κ2) is 11.2. The molecule has 0 atom stereocenters. The lowest BCUT2D eigenvalue weighted by atomic mass is 10.0. The molecule has 4 aromatic rings. The maximum atomic E-state index is 11.1. The van der Waals surface area contributed by atoms with Crippen LogP contribution in [0.1, 0.15) is 31.2 Å². The summed E-state index contributed by atoms with van der Waals surface area (Å²) in [5.41, 5.74) is 10.1. The maximum absolute atomic E-state index is 11.1. The van der Waals surface area contributed by atoms with Gasteiger partial charge in [0, 0.05) is 24.2 Å². The fourth-order valence-corrected chi connectivity index (χ4v) is 4.59. The molecule has 36 heavy (non-hydrogen) atoms. The average molecular weight is 485 g/mol. The van der Waals surface area contributed by atoms with Gasteiger partial charge in [-0.25, -0.2) is 4.52 Å². The number of carbonyl (C=O) groups excluding carboxylic acids is 1. The lowest BCUT2D eigenvalue weighted by Crippen LogP contribution is -2.25. The topological polar surface area (TPSA) is 97.8 Å². The molecule has 3 N–H and O–H groups in total. The van der Waals surface area contributed by atoms with Crippen molar-refractivity contribution < 1.29 is 9.53 Å².